The highest BCUT2D eigenvalue weighted by molar-refractivity contribution is 5.26. The van der Waals surface area contributed by atoms with Gasteiger partial charge in [0.15, 0.2) is 0 Å². The van der Waals surface area contributed by atoms with Gasteiger partial charge in [-0.05, 0) is 42.7 Å². The SMILES string of the molecule is Oc1ccc(COc2ccc(CNC3CC3)nc2)cc1. The Kier molecular flexibility index (Phi) is 3.83. The van der Waals surface area contributed by atoms with Crippen molar-refractivity contribution in [1.29, 1.82) is 0 Å². The van der Waals surface area contributed by atoms with E-state index in [9.17, 15) is 5.11 Å². The molecule has 1 fully saturated rings. The number of nitrogens with zero attached hydrogens (tertiary/aromatic N) is 1. The monoisotopic (exact) mass is 270 g/mol. The number of benzene rings is 1. The van der Waals surface area contributed by atoms with Crippen molar-refractivity contribution in [3.8, 4) is 11.5 Å². The fraction of sp³-hybridized carbons (Fsp3) is 0.312. The molecular formula is C16H18N2O2. The molecular weight excluding hydrogens is 252 g/mol. The Labute approximate surface area is 118 Å². The van der Waals surface area contributed by atoms with Gasteiger partial charge in [-0.1, -0.05) is 12.1 Å². The zero-order chi connectivity index (χ0) is 13.8. The molecule has 4 heteroatoms. The van der Waals surface area contributed by atoms with E-state index >= 15 is 0 Å². The van der Waals surface area contributed by atoms with Crippen molar-refractivity contribution in [1.82, 2.24) is 10.3 Å². The van der Waals surface area contributed by atoms with Crippen molar-refractivity contribution >= 4 is 0 Å². The van der Waals surface area contributed by atoms with E-state index < -0.39 is 0 Å². The zero-order valence-electron chi connectivity index (χ0n) is 11.2. The third-order valence-electron chi connectivity index (χ3n) is 3.29. The van der Waals surface area contributed by atoms with Gasteiger partial charge in [-0.15, -0.1) is 0 Å². The fourth-order valence-corrected chi connectivity index (χ4v) is 1.90. The number of aromatic hydroxyl groups is 1. The smallest absolute Gasteiger partial charge is 0.138 e. The number of ether oxygens (including phenoxy) is 1. The van der Waals surface area contributed by atoms with Crippen LogP contribution in [0.2, 0.25) is 0 Å². The van der Waals surface area contributed by atoms with Gasteiger partial charge < -0.3 is 15.2 Å². The predicted molar refractivity (Wildman–Crippen MR) is 76.5 cm³/mol. The second-order valence-corrected chi connectivity index (χ2v) is 5.10. The molecule has 0 bridgehead atoms. The Morgan fingerprint density at radius 3 is 2.60 bits per heavy atom. The maximum Gasteiger partial charge on any atom is 0.138 e. The van der Waals surface area contributed by atoms with Crippen molar-refractivity contribution in [3.05, 3.63) is 53.9 Å². The highest BCUT2D eigenvalue weighted by Gasteiger charge is 2.19. The van der Waals surface area contributed by atoms with Crippen LogP contribution < -0.4 is 10.1 Å². The first-order chi connectivity index (χ1) is 9.79. The third kappa shape index (κ3) is 3.71. The summed E-state index contributed by atoms with van der Waals surface area (Å²) >= 11 is 0. The first kappa shape index (κ1) is 12.9. The summed E-state index contributed by atoms with van der Waals surface area (Å²) in [4.78, 5) is 4.38. The van der Waals surface area contributed by atoms with Crippen LogP contribution >= 0.6 is 0 Å². The second-order valence-electron chi connectivity index (χ2n) is 5.10. The van der Waals surface area contributed by atoms with Crippen LogP contribution in [0.1, 0.15) is 24.1 Å². The molecule has 2 N–H and O–H groups in total. The summed E-state index contributed by atoms with van der Waals surface area (Å²) in [6.45, 7) is 1.30. The minimum Gasteiger partial charge on any atom is -0.508 e. The van der Waals surface area contributed by atoms with E-state index in [0.717, 1.165) is 23.6 Å². The summed E-state index contributed by atoms with van der Waals surface area (Å²) in [6.07, 6.45) is 4.33. The molecule has 0 atom stereocenters. The Balaban J connectivity index is 1.50. The first-order valence-corrected chi connectivity index (χ1v) is 6.88. The summed E-state index contributed by atoms with van der Waals surface area (Å²) in [5.41, 5.74) is 2.05. The van der Waals surface area contributed by atoms with Crippen LogP contribution in [0.15, 0.2) is 42.6 Å². The van der Waals surface area contributed by atoms with Crippen LogP contribution in [0.5, 0.6) is 11.5 Å². The molecule has 0 amide bonds. The van der Waals surface area contributed by atoms with Gasteiger partial charge in [-0.3, -0.25) is 4.98 Å². The lowest BCUT2D eigenvalue weighted by Crippen LogP contribution is -2.16. The van der Waals surface area contributed by atoms with Gasteiger partial charge in [0.05, 0.1) is 11.9 Å². The Bertz CT molecular complexity index is 548. The van der Waals surface area contributed by atoms with Gasteiger partial charge >= 0.3 is 0 Å². The lowest BCUT2D eigenvalue weighted by molar-refractivity contribution is 0.304. The predicted octanol–water partition coefficient (Wildman–Crippen LogP) is 2.62. The van der Waals surface area contributed by atoms with E-state index in [1.807, 2.05) is 24.3 Å². The van der Waals surface area contributed by atoms with Crippen molar-refractivity contribution in [2.24, 2.45) is 0 Å². The number of aromatic nitrogens is 1. The van der Waals surface area contributed by atoms with E-state index in [-0.39, 0.29) is 5.75 Å². The summed E-state index contributed by atoms with van der Waals surface area (Å²) < 4.78 is 5.66. The maximum atomic E-state index is 9.21. The van der Waals surface area contributed by atoms with Crippen LogP contribution in [0.3, 0.4) is 0 Å². The molecule has 0 saturated heterocycles. The summed E-state index contributed by atoms with van der Waals surface area (Å²) in [6, 6.07) is 11.6. The van der Waals surface area contributed by atoms with Gasteiger partial charge in [0, 0.05) is 12.6 Å². The topological polar surface area (TPSA) is 54.4 Å². The van der Waals surface area contributed by atoms with E-state index in [0.29, 0.717) is 12.6 Å². The van der Waals surface area contributed by atoms with Gasteiger partial charge in [-0.2, -0.15) is 0 Å². The number of hydrogen-bond acceptors (Lipinski definition) is 4. The van der Waals surface area contributed by atoms with E-state index in [1.165, 1.54) is 12.8 Å². The molecule has 104 valence electrons. The van der Waals surface area contributed by atoms with E-state index in [1.54, 1.807) is 18.3 Å². The lowest BCUT2D eigenvalue weighted by atomic mass is 10.2. The molecule has 1 aliphatic carbocycles. The molecule has 4 nitrogen and oxygen atoms in total. The number of hydrogen-bond donors (Lipinski definition) is 2. The largest absolute Gasteiger partial charge is 0.508 e. The fourth-order valence-electron chi connectivity index (χ4n) is 1.90. The number of phenolic OH excluding ortho intramolecular Hbond substituents is 1. The van der Waals surface area contributed by atoms with Gasteiger partial charge in [0.2, 0.25) is 0 Å². The summed E-state index contributed by atoms with van der Waals surface area (Å²) in [5.74, 6) is 1.02. The molecule has 0 unspecified atom stereocenters. The van der Waals surface area contributed by atoms with Crippen LogP contribution in [-0.4, -0.2) is 16.1 Å². The molecule has 1 heterocycles. The first-order valence-electron chi connectivity index (χ1n) is 6.88. The molecule has 3 rings (SSSR count). The summed E-state index contributed by atoms with van der Waals surface area (Å²) in [7, 11) is 0. The maximum absolute atomic E-state index is 9.21. The number of phenols is 1. The van der Waals surface area contributed by atoms with Crippen LogP contribution in [0.4, 0.5) is 0 Å². The molecule has 1 saturated carbocycles. The molecule has 1 aliphatic rings. The van der Waals surface area contributed by atoms with Crippen molar-refractivity contribution in [2.75, 3.05) is 0 Å². The minimum absolute atomic E-state index is 0.267. The Morgan fingerprint density at radius 1 is 1.15 bits per heavy atom. The molecule has 0 radical (unpaired) electrons. The summed E-state index contributed by atoms with van der Waals surface area (Å²) in [5, 5.41) is 12.6. The normalized spacial score (nSPS) is 14.2. The molecule has 0 spiro atoms. The van der Waals surface area contributed by atoms with Crippen molar-refractivity contribution in [2.45, 2.75) is 32.0 Å². The van der Waals surface area contributed by atoms with E-state index in [2.05, 4.69) is 10.3 Å². The number of pyridine rings is 1. The van der Waals surface area contributed by atoms with Crippen LogP contribution in [-0.2, 0) is 13.2 Å². The third-order valence-corrected chi connectivity index (χ3v) is 3.29. The van der Waals surface area contributed by atoms with E-state index in [4.69, 9.17) is 4.74 Å². The number of nitrogens with one attached hydrogen (secondary N) is 1. The second kappa shape index (κ2) is 5.92. The lowest BCUT2D eigenvalue weighted by Gasteiger charge is -2.07. The van der Waals surface area contributed by atoms with Gasteiger partial charge in [0.1, 0.15) is 18.1 Å². The van der Waals surface area contributed by atoms with Gasteiger partial charge in [0.25, 0.3) is 0 Å². The standard InChI is InChI=1S/C16H18N2O2/c19-15-6-1-12(2-7-15)11-20-16-8-5-14(18-10-16)9-17-13-3-4-13/h1-2,5-8,10,13,17,19H,3-4,9,11H2. The number of rotatable bonds is 6. The Morgan fingerprint density at radius 2 is 1.95 bits per heavy atom. The average molecular weight is 270 g/mol. The quantitative estimate of drug-likeness (QED) is 0.847. The van der Waals surface area contributed by atoms with Gasteiger partial charge in [-0.25, -0.2) is 0 Å². The highest BCUT2D eigenvalue weighted by Crippen LogP contribution is 2.19. The average Bonchev–Trinajstić information content (AvgIpc) is 3.30. The van der Waals surface area contributed by atoms with Crippen LogP contribution in [0.25, 0.3) is 0 Å². The molecule has 0 aliphatic heterocycles. The molecule has 2 aromatic rings. The molecule has 20 heavy (non-hydrogen) atoms. The highest BCUT2D eigenvalue weighted by atomic mass is 16.5. The molecule has 1 aromatic carbocycles. The molecule has 1 aromatic heterocycles. The zero-order valence-corrected chi connectivity index (χ0v) is 11.2. The van der Waals surface area contributed by atoms with Crippen molar-refractivity contribution < 1.29 is 9.84 Å². The Hall–Kier alpha value is -2.07. The minimum atomic E-state index is 0.267. The van der Waals surface area contributed by atoms with Crippen LogP contribution in [0, 0.1) is 0 Å². The van der Waals surface area contributed by atoms with Crippen molar-refractivity contribution in [3.63, 3.8) is 0 Å².